The monoisotopic (exact) mass is 443 g/mol. The maximum atomic E-state index is 13.1. The number of anilines is 2. The van der Waals surface area contributed by atoms with Crippen molar-refractivity contribution in [2.24, 2.45) is 0 Å². The van der Waals surface area contributed by atoms with Gasteiger partial charge >= 0.3 is 0 Å². The summed E-state index contributed by atoms with van der Waals surface area (Å²) in [6.07, 6.45) is 0. The Kier molecular flexibility index (Phi) is 6.21. The third-order valence-corrected chi connectivity index (χ3v) is 6.25. The number of piperazine rings is 1. The largest absolute Gasteiger partial charge is 0.378 e. The molecule has 7 heteroatoms. The van der Waals surface area contributed by atoms with Crippen molar-refractivity contribution in [2.45, 2.75) is 6.92 Å². The minimum absolute atomic E-state index is 0.0772. The molecule has 2 aliphatic heterocycles. The molecule has 2 aromatic carbocycles. The molecule has 2 saturated heterocycles. The number of hydrogen-bond acceptors (Lipinski definition) is 6. The van der Waals surface area contributed by atoms with Gasteiger partial charge in [-0.15, -0.1) is 0 Å². The fourth-order valence-corrected chi connectivity index (χ4v) is 4.36. The summed E-state index contributed by atoms with van der Waals surface area (Å²) < 4.78 is 5.46. The van der Waals surface area contributed by atoms with E-state index in [1.165, 1.54) is 0 Å². The van der Waals surface area contributed by atoms with Gasteiger partial charge in [-0.3, -0.25) is 4.79 Å². The third kappa shape index (κ3) is 4.83. The summed E-state index contributed by atoms with van der Waals surface area (Å²) >= 11 is 0. The fraction of sp³-hybridized carbons (Fsp3) is 0.346. The number of carbonyl (C=O) groups is 1. The quantitative estimate of drug-likeness (QED) is 0.617. The van der Waals surface area contributed by atoms with Crippen molar-refractivity contribution in [3.63, 3.8) is 0 Å². The summed E-state index contributed by atoms with van der Waals surface area (Å²) in [6, 6.07) is 20.1. The molecule has 170 valence electrons. The Hall–Kier alpha value is -3.45. The smallest absolute Gasteiger partial charge is 0.253 e. The average Bonchev–Trinajstić information content (AvgIpc) is 2.89. The van der Waals surface area contributed by atoms with E-state index in [9.17, 15) is 4.79 Å². The van der Waals surface area contributed by atoms with E-state index >= 15 is 0 Å². The third-order valence-electron chi connectivity index (χ3n) is 6.25. The Morgan fingerprint density at radius 2 is 1.45 bits per heavy atom. The molecular weight excluding hydrogens is 414 g/mol. The highest BCUT2D eigenvalue weighted by molar-refractivity contribution is 5.94. The summed E-state index contributed by atoms with van der Waals surface area (Å²) in [5.74, 6) is 1.78. The number of amides is 1. The number of ether oxygens (including phenoxy) is 1. The van der Waals surface area contributed by atoms with E-state index in [1.54, 1.807) is 0 Å². The van der Waals surface area contributed by atoms with Gasteiger partial charge in [-0.25, -0.2) is 4.98 Å². The van der Waals surface area contributed by atoms with Gasteiger partial charge in [0.05, 0.1) is 13.2 Å². The molecule has 0 radical (unpaired) electrons. The molecule has 0 atom stereocenters. The van der Waals surface area contributed by atoms with Gasteiger partial charge in [0.2, 0.25) is 5.95 Å². The van der Waals surface area contributed by atoms with Crippen molar-refractivity contribution in [3.05, 3.63) is 71.9 Å². The molecule has 2 fully saturated rings. The topological polar surface area (TPSA) is 61.8 Å². The fourth-order valence-electron chi connectivity index (χ4n) is 4.36. The zero-order chi connectivity index (χ0) is 22.6. The summed E-state index contributed by atoms with van der Waals surface area (Å²) in [6.45, 7) is 7.92. The number of rotatable bonds is 4. The van der Waals surface area contributed by atoms with Gasteiger partial charge in [0.15, 0.2) is 0 Å². The maximum Gasteiger partial charge on any atom is 0.253 e. The van der Waals surface area contributed by atoms with Crippen LogP contribution in [0.2, 0.25) is 0 Å². The van der Waals surface area contributed by atoms with Crippen molar-refractivity contribution in [3.8, 4) is 11.1 Å². The SMILES string of the molecule is Cc1cc(N2CCOCC2)nc(N2CCN(C(=O)c3ccc(-c4ccccc4)cc3)CC2)n1. The van der Waals surface area contributed by atoms with Crippen LogP contribution in [0.5, 0.6) is 0 Å². The van der Waals surface area contributed by atoms with Gasteiger partial charge in [0.25, 0.3) is 5.91 Å². The zero-order valence-electron chi connectivity index (χ0n) is 19.0. The van der Waals surface area contributed by atoms with Crippen LogP contribution in [-0.2, 0) is 4.74 Å². The first-order chi connectivity index (χ1) is 16.2. The van der Waals surface area contributed by atoms with Crippen LogP contribution in [-0.4, -0.2) is 73.3 Å². The van der Waals surface area contributed by atoms with Crippen molar-refractivity contribution in [1.82, 2.24) is 14.9 Å². The number of carbonyl (C=O) groups excluding carboxylic acids is 1. The molecule has 3 aromatic rings. The normalized spacial score (nSPS) is 16.7. The lowest BCUT2D eigenvalue weighted by Gasteiger charge is -2.35. The standard InChI is InChI=1S/C26H29N5O2/c1-20-19-24(29-15-17-33-18-16-29)28-26(27-20)31-13-11-30(12-14-31)25(32)23-9-7-22(8-10-23)21-5-3-2-4-6-21/h2-10,19H,11-18H2,1H3. The summed E-state index contributed by atoms with van der Waals surface area (Å²) in [5, 5.41) is 0. The number of aryl methyl sites for hydroxylation is 1. The zero-order valence-corrected chi connectivity index (χ0v) is 19.0. The van der Waals surface area contributed by atoms with Crippen molar-refractivity contribution in [1.29, 1.82) is 0 Å². The highest BCUT2D eigenvalue weighted by Gasteiger charge is 2.24. The first-order valence-corrected chi connectivity index (χ1v) is 11.6. The second-order valence-corrected chi connectivity index (χ2v) is 8.49. The van der Waals surface area contributed by atoms with Crippen LogP contribution >= 0.6 is 0 Å². The molecule has 5 rings (SSSR count). The molecule has 0 aliphatic carbocycles. The Bertz CT molecular complexity index is 1090. The van der Waals surface area contributed by atoms with Crippen molar-refractivity contribution >= 4 is 17.7 Å². The number of nitrogens with zero attached hydrogens (tertiary/aromatic N) is 5. The molecule has 0 spiro atoms. The molecular formula is C26H29N5O2. The van der Waals surface area contributed by atoms with Crippen LogP contribution in [0.1, 0.15) is 16.1 Å². The van der Waals surface area contributed by atoms with Gasteiger partial charge in [-0.1, -0.05) is 42.5 Å². The Morgan fingerprint density at radius 1 is 0.788 bits per heavy atom. The summed E-state index contributed by atoms with van der Waals surface area (Å²) in [4.78, 5) is 28.9. The van der Waals surface area contributed by atoms with Gasteiger partial charge in [-0.05, 0) is 30.2 Å². The first-order valence-electron chi connectivity index (χ1n) is 11.6. The molecule has 0 unspecified atom stereocenters. The number of hydrogen-bond donors (Lipinski definition) is 0. The van der Waals surface area contributed by atoms with E-state index < -0.39 is 0 Å². The second kappa shape index (κ2) is 9.58. The van der Waals surface area contributed by atoms with Gasteiger partial charge in [0.1, 0.15) is 5.82 Å². The number of morpholine rings is 1. The predicted molar refractivity (Wildman–Crippen MR) is 130 cm³/mol. The van der Waals surface area contributed by atoms with E-state index in [2.05, 4.69) is 26.9 Å². The molecule has 2 aliphatic rings. The van der Waals surface area contributed by atoms with Crippen LogP contribution in [0.4, 0.5) is 11.8 Å². The van der Waals surface area contributed by atoms with Crippen molar-refractivity contribution in [2.75, 3.05) is 62.3 Å². The minimum atomic E-state index is 0.0772. The number of aromatic nitrogens is 2. The van der Waals surface area contributed by atoms with Gasteiger partial charge in [-0.2, -0.15) is 4.98 Å². The molecule has 0 bridgehead atoms. The van der Waals surface area contributed by atoms with Crippen LogP contribution in [0.3, 0.4) is 0 Å². The molecule has 1 aromatic heterocycles. The molecule has 0 N–H and O–H groups in total. The van der Waals surface area contributed by atoms with Crippen LogP contribution in [0, 0.1) is 6.92 Å². The van der Waals surface area contributed by atoms with E-state index in [0.717, 1.165) is 73.5 Å². The minimum Gasteiger partial charge on any atom is -0.378 e. The lowest BCUT2D eigenvalue weighted by Crippen LogP contribution is -2.49. The van der Waals surface area contributed by atoms with E-state index in [1.807, 2.05) is 60.4 Å². The molecule has 0 saturated carbocycles. The van der Waals surface area contributed by atoms with E-state index in [4.69, 9.17) is 9.72 Å². The Morgan fingerprint density at radius 3 is 2.15 bits per heavy atom. The molecule has 7 nitrogen and oxygen atoms in total. The highest BCUT2D eigenvalue weighted by Crippen LogP contribution is 2.22. The molecule has 1 amide bonds. The summed E-state index contributed by atoms with van der Waals surface area (Å²) in [7, 11) is 0. The van der Waals surface area contributed by atoms with E-state index in [-0.39, 0.29) is 5.91 Å². The van der Waals surface area contributed by atoms with Crippen molar-refractivity contribution < 1.29 is 9.53 Å². The van der Waals surface area contributed by atoms with Crippen LogP contribution in [0.25, 0.3) is 11.1 Å². The molecule has 3 heterocycles. The maximum absolute atomic E-state index is 13.1. The predicted octanol–water partition coefficient (Wildman–Crippen LogP) is 3.25. The van der Waals surface area contributed by atoms with E-state index in [0.29, 0.717) is 13.1 Å². The van der Waals surface area contributed by atoms with Gasteiger partial charge < -0.3 is 19.4 Å². The van der Waals surface area contributed by atoms with Crippen LogP contribution in [0.15, 0.2) is 60.7 Å². The Balaban J connectivity index is 1.23. The highest BCUT2D eigenvalue weighted by atomic mass is 16.5. The second-order valence-electron chi connectivity index (χ2n) is 8.49. The lowest BCUT2D eigenvalue weighted by molar-refractivity contribution is 0.0746. The lowest BCUT2D eigenvalue weighted by atomic mass is 10.0. The van der Waals surface area contributed by atoms with Crippen LogP contribution < -0.4 is 9.80 Å². The first kappa shape index (κ1) is 21.4. The Labute approximate surface area is 194 Å². The number of benzene rings is 2. The average molecular weight is 444 g/mol. The van der Waals surface area contributed by atoms with Gasteiger partial charge in [0, 0.05) is 56.6 Å². The summed E-state index contributed by atoms with van der Waals surface area (Å²) in [5.41, 5.74) is 3.95. The molecule has 33 heavy (non-hydrogen) atoms.